The molecule has 6 heteroatoms. The number of benzene rings is 2. The molecule has 2 aliphatic carbocycles. The minimum atomic E-state index is -1.17. The van der Waals surface area contributed by atoms with Crippen molar-refractivity contribution in [3.8, 4) is 11.1 Å². The Balaban J connectivity index is 1.42. The van der Waals surface area contributed by atoms with Crippen LogP contribution in [0.4, 0.5) is 4.79 Å². The van der Waals surface area contributed by atoms with Crippen molar-refractivity contribution in [2.45, 2.75) is 43.2 Å². The van der Waals surface area contributed by atoms with Crippen LogP contribution in [0.1, 0.15) is 42.7 Å². The van der Waals surface area contributed by atoms with Gasteiger partial charge < -0.3 is 20.3 Å². The van der Waals surface area contributed by atoms with Gasteiger partial charge in [-0.2, -0.15) is 0 Å². The van der Waals surface area contributed by atoms with Crippen molar-refractivity contribution in [1.82, 2.24) is 5.32 Å². The smallest absolute Gasteiger partial charge is 0.407 e. The second-order valence-electron chi connectivity index (χ2n) is 7.64. The van der Waals surface area contributed by atoms with Crippen LogP contribution in [0.2, 0.25) is 0 Å². The minimum absolute atomic E-state index is 0.00741. The number of ether oxygens (including phenoxy) is 1. The molecule has 1 fully saturated rings. The molecule has 6 nitrogen and oxygen atoms in total. The molecule has 1 atom stereocenters. The molecule has 28 heavy (non-hydrogen) atoms. The SMILES string of the molecule is O=C(NC(CC1(O)CCC1)C(=O)O)OCC1c2ccccc2-c2ccccc21. The van der Waals surface area contributed by atoms with E-state index in [9.17, 15) is 19.8 Å². The van der Waals surface area contributed by atoms with E-state index in [-0.39, 0.29) is 18.9 Å². The van der Waals surface area contributed by atoms with Crippen molar-refractivity contribution < 1.29 is 24.5 Å². The summed E-state index contributed by atoms with van der Waals surface area (Å²) in [7, 11) is 0. The molecule has 0 bridgehead atoms. The Hall–Kier alpha value is -2.86. The first-order valence-electron chi connectivity index (χ1n) is 9.53. The highest BCUT2D eigenvalue weighted by atomic mass is 16.5. The van der Waals surface area contributed by atoms with Crippen molar-refractivity contribution in [2.24, 2.45) is 0 Å². The first-order valence-corrected chi connectivity index (χ1v) is 9.53. The van der Waals surface area contributed by atoms with Gasteiger partial charge in [-0.05, 0) is 41.5 Å². The van der Waals surface area contributed by atoms with E-state index >= 15 is 0 Å². The number of carbonyl (C=O) groups is 2. The summed E-state index contributed by atoms with van der Waals surface area (Å²) in [6.45, 7) is 0.121. The molecule has 0 saturated heterocycles. The number of aliphatic carboxylic acids is 1. The quantitative estimate of drug-likeness (QED) is 0.714. The summed E-state index contributed by atoms with van der Waals surface area (Å²) >= 11 is 0. The third-order valence-electron chi connectivity index (χ3n) is 5.80. The third kappa shape index (κ3) is 3.47. The number of carboxylic acids is 1. The van der Waals surface area contributed by atoms with Gasteiger partial charge in [0.1, 0.15) is 12.6 Å². The number of alkyl carbamates (subject to hydrolysis) is 1. The van der Waals surface area contributed by atoms with Crippen LogP contribution in [0.25, 0.3) is 11.1 Å². The largest absolute Gasteiger partial charge is 0.480 e. The Labute approximate surface area is 163 Å². The lowest BCUT2D eigenvalue weighted by Gasteiger charge is -2.38. The van der Waals surface area contributed by atoms with Crippen LogP contribution in [-0.2, 0) is 9.53 Å². The number of hydrogen-bond acceptors (Lipinski definition) is 4. The molecule has 1 saturated carbocycles. The van der Waals surface area contributed by atoms with Gasteiger partial charge in [0.15, 0.2) is 0 Å². The van der Waals surface area contributed by atoms with Gasteiger partial charge in [0.25, 0.3) is 0 Å². The number of hydrogen-bond donors (Lipinski definition) is 3. The highest BCUT2D eigenvalue weighted by Gasteiger charge is 2.39. The number of carbonyl (C=O) groups excluding carboxylic acids is 1. The summed E-state index contributed by atoms with van der Waals surface area (Å²) < 4.78 is 5.39. The van der Waals surface area contributed by atoms with Crippen molar-refractivity contribution in [1.29, 1.82) is 0 Å². The maximum absolute atomic E-state index is 12.3. The number of nitrogens with one attached hydrogen (secondary N) is 1. The Morgan fingerprint density at radius 1 is 1.07 bits per heavy atom. The van der Waals surface area contributed by atoms with Crippen LogP contribution < -0.4 is 5.32 Å². The predicted molar refractivity (Wildman–Crippen MR) is 103 cm³/mol. The van der Waals surface area contributed by atoms with E-state index in [1.807, 2.05) is 48.5 Å². The van der Waals surface area contributed by atoms with E-state index in [0.29, 0.717) is 12.8 Å². The molecular weight excluding hydrogens is 358 g/mol. The molecule has 2 aromatic rings. The van der Waals surface area contributed by atoms with Gasteiger partial charge in [-0.25, -0.2) is 9.59 Å². The molecule has 0 aliphatic heterocycles. The maximum atomic E-state index is 12.3. The molecule has 0 aromatic heterocycles. The maximum Gasteiger partial charge on any atom is 0.407 e. The second kappa shape index (κ2) is 7.28. The van der Waals surface area contributed by atoms with Gasteiger partial charge in [0, 0.05) is 12.3 Å². The standard InChI is InChI=1S/C22H23NO5/c24-20(25)19(12-22(27)10-5-11-22)23-21(26)28-13-18-16-8-3-1-6-14(16)15-7-2-4-9-17(15)18/h1-4,6-9,18-19,27H,5,10-13H2,(H,23,26)(H,24,25). The monoisotopic (exact) mass is 381 g/mol. The molecular formula is C22H23NO5. The van der Waals surface area contributed by atoms with E-state index in [4.69, 9.17) is 4.74 Å². The number of amides is 1. The molecule has 2 aliphatic rings. The van der Waals surface area contributed by atoms with Crippen molar-refractivity contribution in [2.75, 3.05) is 6.61 Å². The van der Waals surface area contributed by atoms with Gasteiger partial charge >= 0.3 is 12.1 Å². The van der Waals surface area contributed by atoms with E-state index in [0.717, 1.165) is 28.7 Å². The fourth-order valence-electron chi connectivity index (χ4n) is 4.15. The first kappa shape index (κ1) is 18.5. The molecule has 0 heterocycles. The number of aliphatic hydroxyl groups is 1. The molecule has 2 aromatic carbocycles. The van der Waals surface area contributed by atoms with E-state index in [1.165, 1.54) is 0 Å². The summed E-state index contributed by atoms with van der Waals surface area (Å²) in [6, 6.07) is 14.8. The summed E-state index contributed by atoms with van der Waals surface area (Å²) in [5.41, 5.74) is 3.44. The Morgan fingerprint density at radius 3 is 2.14 bits per heavy atom. The van der Waals surface area contributed by atoms with E-state index in [1.54, 1.807) is 0 Å². The van der Waals surface area contributed by atoms with Crippen molar-refractivity contribution in [3.05, 3.63) is 59.7 Å². The third-order valence-corrected chi connectivity index (χ3v) is 5.80. The Bertz CT molecular complexity index is 860. The average molecular weight is 381 g/mol. The van der Waals surface area contributed by atoms with Gasteiger partial charge in [-0.15, -0.1) is 0 Å². The van der Waals surface area contributed by atoms with Crippen LogP contribution >= 0.6 is 0 Å². The lowest BCUT2D eigenvalue weighted by molar-refractivity contribution is -0.142. The summed E-state index contributed by atoms with van der Waals surface area (Å²) in [5.74, 6) is -1.26. The fraction of sp³-hybridized carbons (Fsp3) is 0.364. The summed E-state index contributed by atoms with van der Waals surface area (Å²) in [5, 5.41) is 22.0. The van der Waals surface area contributed by atoms with Gasteiger partial charge in [-0.1, -0.05) is 48.5 Å². The van der Waals surface area contributed by atoms with Gasteiger partial charge in [0.05, 0.1) is 5.60 Å². The normalized spacial score (nSPS) is 17.8. The summed E-state index contributed by atoms with van der Waals surface area (Å²) in [6.07, 6.45) is 1.20. The zero-order valence-electron chi connectivity index (χ0n) is 15.4. The van der Waals surface area contributed by atoms with Gasteiger partial charge in [-0.3, -0.25) is 0 Å². The molecule has 4 rings (SSSR count). The Morgan fingerprint density at radius 2 is 1.64 bits per heavy atom. The topological polar surface area (TPSA) is 95.9 Å². The minimum Gasteiger partial charge on any atom is -0.480 e. The van der Waals surface area contributed by atoms with Gasteiger partial charge in [0.2, 0.25) is 0 Å². The highest BCUT2D eigenvalue weighted by Crippen LogP contribution is 2.44. The van der Waals surface area contributed by atoms with Crippen LogP contribution in [0.15, 0.2) is 48.5 Å². The van der Waals surface area contributed by atoms with Crippen LogP contribution in [0.5, 0.6) is 0 Å². The van der Waals surface area contributed by atoms with E-state index in [2.05, 4.69) is 5.32 Å². The predicted octanol–water partition coefficient (Wildman–Crippen LogP) is 3.28. The number of rotatable bonds is 6. The first-order chi connectivity index (χ1) is 13.5. The van der Waals surface area contributed by atoms with Crippen LogP contribution in [-0.4, -0.2) is 40.5 Å². The molecule has 0 radical (unpaired) electrons. The summed E-state index contributed by atoms with van der Waals surface area (Å²) in [4.78, 5) is 23.7. The molecule has 0 spiro atoms. The molecule has 1 unspecified atom stereocenters. The zero-order chi connectivity index (χ0) is 19.7. The fourth-order valence-corrected chi connectivity index (χ4v) is 4.15. The molecule has 1 amide bonds. The lowest BCUT2D eigenvalue weighted by Crippen LogP contribution is -2.49. The Kier molecular flexibility index (Phi) is 4.81. The molecule has 146 valence electrons. The number of carboxylic acid groups (broad SMARTS) is 1. The molecule has 3 N–H and O–H groups in total. The van der Waals surface area contributed by atoms with Crippen molar-refractivity contribution in [3.63, 3.8) is 0 Å². The van der Waals surface area contributed by atoms with Crippen LogP contribution in [0, 0.1) is 0 Å². The van der Waals surface area contributed by atoms with Crippen LogP contribution in [0.3, 0.4) is 0 Å². The second-order valence-corrected chi connectivity index (χ2v) is 7.64. The van der Waals surface area contributed by atoms with E-state index < -0.39 is 23.7 Å². The van der Waals surface area contributed by atoms with Crippen molar-refractivity contribution >= 4 is 12.1 Å². The zero-order valence-corrected chi connectivity index (χ0v) is 15.4. The lowest BCUT2D eigenvalue weighted by atomic mass is 9.76. The highest BCUT2D eigenvalue weighted by molar-refractivity contribution is 5.81. The number of fused-ring (bicyclic) bond motifs is 3. The average Bonchev–Trinajstić information content (AvgIpc) is 2.98.